The molecule has 0 aliphatic heterocycles. The third-order valence-corrected chi connectivity index (χ3v) is 3.94. The van der Waals surface area contributed by atoms with E-state index in [2.05, 4.69) is 74.0 Å². The van der Waals surface area contributed by atoms with E-state index in [1.165, 1.54) is 43.2 Å². The van der Waals surface area contributed by atoms with Gasteiger partial charge in [0, 0.05) is 0 Å². The van der Waals surface area contributed by atoms with Gasteiger partial charge in [0.1, 0.15) is 0 Å². The Bertz CT molecular complexity index is 414. The van der Waals surface area contributed by atoms with Gasteiger partial charge in [-0.05, 0) is 55.6 Å². The van der Waals surface area contributed by atoms with E-state index in [0.29, 0.717) is 0 Å². The molecule has 0 fully saturated rings. The van der Waals surface area contributed by atoms with Crippen molar-refractivity contribution in [2.75, 3.05) is 0 Å². The molecule has 0 N–H and O–H groups in total. The van der Waals surface area contributed by atoms with Crippen LogP contribution in [0.4, 0.5) is 0 Å². The second kappa shape index (κ2) is 8.58. The Labute approximate surface area is 123 Å². The van der Waals surface area contributed by atoms with Gasteiger partial charge in [-0.1, -0.05) is 67.6 Å². The van der Waals surface area contributed by atoms with E-state index >= 15 is 0 Å². The van der Waals surface area contributed by atoms with Crippen molar-refractivity contribution in [2.24, 2.45) is 5.92 Å². The van der Waals surface area contributed by atoms with Gasteiger partial charge >= 0.3 is 0 Å². The van der Waals surface area contributed by atoms with Crippen molar-refractivity contribution in [3.63, 3.8) is 0 Å². The molecule has 2 rings (SSSR count). The molecule has 0 saturated heterocycles. The van der Waals surface area contributed by atoms with Gasteiger partial charge in [-0.15, -0.1) is 0 Å². The Hall–Kier alpha value is -1.56. The quantitative estimate of drug-likeness (QED) is 0.592. The normalized spacial score (nSPS) is 10.9. The number of hydrogen-bond donors (Lipinski definition) is 0. The number of hydrogen-bond acceptors (Lipinski definition) is 0. The van der Waals surface area contributed by atoms with Crippen LogP contribution < -0.4 is 0 Å². The highest BCUT2D eigenvalue weighted by molar-refractivity contribution is 5.16. The lowest BCUT2D eigenvalue weighted by Gasteiger charge is -2.16. The molecule has 0 aliphatic rings. The van der Waals surface area contributed by atoms with Crippen molar-refractivity contribution < 1.29 is 0 Å². The average molecular weight is 265 g/mol. The highest BCUT2D eigenvalue weighted by Gasteiger charge is 2.08. The Kier molecular flexibility index (Phi) is 6.37. The molecule has 0 amide bonds. The summed E-state index contributed by atoms with van der Waals surface area (Å²) in [5, 5.41) is 0. The van der Waals surface area contributed by atoms with Crippen LogP contribution in [0.3, 0.4) is 0 Å². The van der Waals surface area contributed by atoms with E-state index in [9.17, 15) is 0 Å². The van der Waals surface area contributed by atoms with E-state index in [-0.39, 0.29) is 0 Å². The van der Waals surface area contributed by atoms with Crippen molar-refractivity contribution in [3.05, 3.63) is 78.2 Å². The van der Waals surface area contributed by atoms with Crippen LogP contribution in [-0.2, 0) is 12.8 Å². The fourth-order valence-corrected chi connectivity index (χ4v) is 2.74. The first kappa shape index (κ1) is 14.8. The molecule has 0 unspecified atom stereocenters. The van der Waals surface area contributed by atoms with Gasteiger partial charge in [0.2, 0.25) is 0 Å². The maximum absolute atomic E-state index is 2.32. The molecule has 0 saturated carbocycles. The molecule has 0 aromatic heterocycles. The number of aryl methyl sites for hydroxylation is 2. The summed E-state index contributed by atoms with van der Waals surface area (Å²) in [6.45, 7) is 2.18. The van der Waals surface area contributed by atoms with Crippen LogP contribution >= 0.6 is 0 Å². The van der Waals surface area contributed by atoms with Gasteiger partial charge < -0.3 is 0 Å². The lowest BCUT2D eigenvalue weighted by Crippen LogP contribution is -2.04. The summed E-state index contributed by atoms with van der Waals surface area (Å²) >= 11 is 0. The van der Waals surface area contributed by atoms with Gasteiger partial charge in [-0.3, -0.25) is 0 Å². The Morgan fingerprint density at radius 1 is 0.750 bits per heavy atom. The predicted molar refractivity (Wildman–Crippen MR) is 87.6 cm³/mol. The fraction of sp³-hybridized carbons (Fsp3) is 0.350. The highest BCUT2D eigenvalue weighted by atomic mass is 14.1. The van der Waals surface area contributed by atoms with Gasteiger partial charge in [-0.2, -0.15) is 0 Å². The van der Waals surface area contributed by atoms with E-state index in [1.807, 2.05) is 0 Å². The summed E-state index contributed by atoms with van der Waals surface area (Å²) in [5.74, 6) is 0.806. The second-order valence-electron chi connectivity index (χ2n) is 5.56. The zero-order valence-corrected chi connectivity index (χ0v) is 12.5. The summed E-state index contributed by atoms with van der Waals surface area (Å²) in [6.07, 6.45) is 8.55. The summed E-state index contributed by atoms with van der Waals surface area (Å²) < 4.78 is 0. The summed E-state index contributed by atoms with van der Waals surface area (Å²) in [7, 11) is 0. The van der Waals surface area contributed by atoms with E-state index in [1.54, 1.807) is 0 Å². The molecule has 0 aliphatic carbocycles. The molecule has 0 heterocycles. The van der Waals surface area contributed by atoms with Crippen LogP contribution in [0.2, 0.25) is 0 Å². The molecular formula is C20H25. The second-order valence-corrected chi connectivity index (χ2v) is 5.56. The van der Waals surface area contributed by atoms with Crippen LogP contribution in [0.1, 0.15) is 37.3 Å². The van der Waals surface area contributed by atoms with Crippen LogP contribution in [0.15, 0.2) is 60.7 Å². The zero-order chi connectivity index (χ0) is 14.0. The maximum Gasteiger partial charge on any atom is -0.0276 e. The minimum absolute atomic E-state index is 0.806. The molecule has 0 nitrogen and oxygen atoms in total. The topological polar surface area (TPSA) is 0 Å². The van der Waals surface area contributed by atoms with E-state index < -0.39 is 0 Å². The first-order valence-electron chi connectivity index (χ1n) is 7.74. The van der Waals surface area contributed by atoms with Crippen LogP contribution in [0.5, 0.6) is 0 Å². The zero-order valence-electron chi connectivity index (χ0n) is 12.5. The molecule has 2 aromatic carbocycles. The molecule has 0 spiro atoms. The molecular weight excluding hydrogens is 240 g/mol. The summed E-state index contributed by atoms with van der Waals surface area (Å²) in [6, 6.07) is 21.7. The lowest BCUT2D eigenvalue weighted by molar-refractivity contribution is 0.445. The molecule has 0 bridgehead atoms. The van der Waals surface area contributed by atoms with Crippen molar-refractivity contribution in [1.29, 1.82) is 0 Å². The Morgan fingerprint density at radius 2 is 1.20 bits per heavy atom. The number of benzene rings is 2. The van der Waals surface area contributed by atoms with E-state index in [0.717, 1.165) is 5.92 Å². The van der Waals surface area contributed by atoms with E-state index in [4.69, 9.17) is 0 Å². The van der Waals surface area contributed by atoms with Gasteiger partial charge in [0.15, 0.2) is 0 Å². The third kappa shape index (κ3) is 5.21. The van der Waals surface area contributed by atoms with Crippen molar-refractivity contribution >= 4 is 0 Å². The van der Waals surface area contributed by atoms with Gasteiger partial charge in [-0.25, -0.2) is 0 Å². The van der Waals surface area contributed by atoms with Gasteiger partial charge in [0.25, 0.3) is 0 Å². The molecule has 0 atom stereocenters. The molecule has 0 heteroatoms. The van der Waals surface area contributed by atoms with Crippen molar-refractivity contribution in [3.8, 4) is 0 Å². The summed E-state index contributed by atoms with van der Waals surface area (Å²) in [5.41, 5.74) is 2.93. The van der Waals surface area contributed by atoms with Crippen molar-refractivity contribution in [2.45, 2.75) is 39.0 Å². The first-order chi connectivity index (χ1) is 9.88. The molecule has 105 valence electrons. The Balaban J connectivity index is 1.81. The van der Waals surface area contributed by atoms with Crippen LogP contribution in [-0.4, -0.2) is 0 Å². The molecule has 20 heavy (non-hydrogen) atoms. The first-order valence-corrected chi connectivity index (χ1v) is 7.74. The summed E-state index contributed by atoms with van der Waals surface area (Å²) in [4.78, 5) is 0. The Morgan fingerprint density at radius 3 is 1.60 bits per heavy atom. The maximum atomic E-state index is 2.32. The smallest absolute Gasteiger partial charge is 0.0276 e. The van der Waals surface area contributed by atoms with Crippen molar-refractivity contribution in [1.82, 2.24) is 0 Å². The van der Waals surface area contributed by atoms with Crippen LogP contribution in [0.25, 0.3) is 0 Å². The monoisotopic (exact) mass is 265 g/mol. The number of rotatable bonds is 8. The van der Waals surface area contributed by atoms with Gasteiger partial charge in [0.05, 0.1) is 0 Å². The molecule has 1 radical (unpaired) electrons. The predicted octanol–water partition coefficient (Wildman–Crippen LogP) is 5.48. The third-order valence-electron chi connectivity index (χ3n) is 3.94. The lowest BCUT2D eigenvalue weighted by atomic mass is 9.90. The fourth-order valence-electron chi connectivity index (χ4n) is 2.74. The minimum Gasteiger partial charge on any atom is -0.0622 e. The largest absolute Gasteiger partial charge is 0.0622 e. The molecule has 2 aromatic rings. The SMILES string of the molecule is C[CH]CC(CCc1ccccc1)CCc1ccccc1. The minimum atomic E-state index is 0.806. The average Bonchev–Trinajstić information content (AvgIpc) is 2.52. The highest BCUT2D eigenvalue weighted by Crippen LogP contribution is 2.20. The van der Waals surface area contributed by atoms with Crippen LogP contribution in [0, 0.1) is 12.3 Å². The standard InChI is InChI=1S/C20H25/c1-2-9-18(14-16-19-10-5-3-6-11-19)15-17-20-12-7-4-8-13-20/h2-8,10-13,18H,9,14-17H2,1H3.